The van der Waals surface area contributed by atoms with Crippen molar-refractivity contribution in [1.82, 2.24) is 5.32 Å². The van der Waals surface area contributed by atoms with E-state index in [-0.39, 0.29) is 5.91 Å². The van der Waals surface area contributed by atoms with E-state index in [9.17, 15) is 4.79 Å². The van der Waals surface area contributed by atoms with Crippen LogP contribution >= 0.6 is 0 Å². The average molecular weight is 289 g/mol. The van der Waals surface area contributed by atoms with Crippen LogP contribution in [0, 0.1) is 0 Å². The molecule has 1 amide bonds. The summed E-state index contributed by atoms with van der Waals surface area (Å²) in [5, 5.41) is 5.43. The monoisotopic (exact) mass is 289 g/mol. The molecule has 0 radical (unpaired) electrons. The molecule has 0 unspecified atom stereocenters. The van der Waals surface area contributed by atoms with Crippen LogP contribution in [0.4, 0.5) is 0 Å². The van der Waals surface area contributed by atoms with Crippen LogP contribution in [-0.4, -0.2) is 5.91 Å². The summed E-state index contributed by atoms with van der Waals surface area (Å²) in [7, 11) is 0. The number of nitrogens with one attached hydrogen (secondary N) is 1. The summed E-state index contributed by atoms with van der Waals surface area (Å²) in [6.45, 7) is 0.595. The maximum absolute atomic E-state index is 11.9. The van der Waals surface area contributed by atoms with Crippen molar-refractivity contribution >= 4 is 16.7 Å². The van der Waals surface area contributed by atoms with Crippen LogP contribution in [0.15, 0.2) is 72.8 Å². The van der Waals surface area contributed by atoms with Gasteiger partial charge in [0, 0.05) is 13.0 Å². The molecular formula is C20H19NO. The maximum atomic E-state index is 11.9. The predicted octanol–water partition coefficient (Wildman–Crippen LogP) is 4.09. The number of carbonyl (C=O) groups is 1. The smallest absolute Gasteiger partial charge is 0.220 e. The first-order valence-corrected chi connectivity index (χ1v) is 7.59. The molecule has 3 rings (SSSR count). The van der Waals surface area contributed by atoms with Crippen LogP contribution in [0.5, 0.6) is 0 Å². The van der Waals surface area contributed by atoms with E-state index in [1.165, 1.54) is 16.3 Å². The highest BCUT2D eigenvalue weighted by molar-refractivity contribution is 5.83. The van der Waals surface area contributed by atoms with Crippen molar-refractivity contribution in [2.75, 3.05) is 0 Å². The van der Waals surface area contributed by atoms with E-state index in [1.807, 2.05) is 42.5 Å². The summed E-state index contributed by atoms with van der Waals surface area (Å²) < 4.78 is 0. The summed E-state index contributed by atoms with van der Waals surface area (Å²) in [5.74, 6) is 0.0945. The zero-order valence-electron chi connectivity index (χ0n) is 12.5. The van der Waals surface area contributed by atoms with E-state index in [2.05, 4.69) is 35.6 Å². The third-order valence-electron chi connectivity index (χ3n) is 3.79. The largest absolute Gasteiger partial charge is 0.352 e. The third-order valence-corrected chi connectivity index (χ3v) is 3.79. The standard InChI is InChI=1S/C20H19NO/c22-20(21-15-17-6-2-1-3-7-17)13-11-16-10-12-18-8-4-5-9-19(18)14-16/h1-10,12,14H,11,13,15H2,(H,21,22). The Hall–Kier alpha value is -2.61. The molecule has 2 heteroatoms. The van der Waals surface area contributed by atoms with Gasteiger partial charge in [-0.05, 0) is 28.3 Å². The van der Waals surface area contributed by atoms with Crippen LogP contribution in [0.3, 0.4) is 0 Å². The Morgan fingerprint density at radius 3 is 2.32 bits per heavy atom. The van der Waals surface area contributed by atoms with E-state index in [1.54, 1.807) is 0 Å². The van der Waals surface area contributed by atoms with Gasteiger partial charge in [-0.15, -0.1) is 0 Å². The van der Waals surface area contributed by atoms with Gasteiger partial charge in [0.2, 0.25) is 5.91 Å². The van der Waals surface area contributed by atoms with Crippen molar-refractivity contribution in [1.29, 1.82) is 0 Å². The molecule has 0 aliphatic rings. The number of rotatable bonds is 5. The molecule has 1 N–H and O–H groups in total. The summed E-state index contributed by atoms with van der Waals surface area (Å²) in [6, 6.07) is 24.7. The summed E-state index contributed by atoms with van der Waals surface area (Å²) in [5.41, 5.74) is 2.33. The molecule has 0 aliphatic heterocycles. The van der Waals surface area contributed by atoms with Crippen molar-refractivity contribution in [2.45, 2.75) is 19.4 Å². The summed E-state index contributed by atoms with van der Waals surface area (Å²) in [4.78, 5) is 11.9. The topological polar surface area (TPSA) is 29.1 Å². The molecule has 0 aliphatic carbocycles. The minimum Gasteiger partial charge on any atom is -0.352 e. The van der Waals surface area contributed by atoms with E-state index >= 15 is 0 Å². The second-order valence-electron chi connectivity index (χ2n) is 5.44. The van der Waals surface area contributed by atoms with Gasteiger partial charge in [0.1, 0.15) is 0 Å². The molecule has 0 spiro atoms. The highest BCUT2D eigenvalue weighted by Gasteiger charge is 2.03. The number of carbonyl (C=O) groups excluding carboxylic acids is 1. The van der Waals surface area contributed by atoms with Crippen LogP contribution in [0.1, 0.15) is 17.5 Å². The second kappa shape index (κ2) is 6.90. The first-order chi connectivity index (χ1) is 10.8. The number of aryl methyl sites for hydroxylation is 1. The SMILES string of the molecule is O=C(CCc1ccc2ccccc2c1)NCc1ccccc1. The van der Waals surface area contributed by atoms with Crippen LogP contribution in [0.25, 0.3) is 10.8 Å². The number of amides is 1. The Morgan fingerprint density at radius 2 is 1.50 bits per heavy atom. The lowest BCUT2D eigenvalue weighted by molar-refractivity contribution is -0.121. The van der Waals surface area contributed by atoms with Gasteiger partial charge in [-0.2, -0.15) is 0 Å². The molecule has 3 aromatic carbocycles. The molecule has 0 aromatic heterocycles. The first kappa shape index (κ1) is 14.3. The van der Waals surface area contributed by atoms with Gasteiger partial charge in [-0.1, -0.05) is 72.8 Å². The Morgan fingerprint density at radius 1 is 0.773 bits per heavy atom. The molecule has 110 valence electrons. The van der Waals surface area contributed by atoms with Crippen LogP contribution in [-0.2, 0) is 17.8 Å². The molecule has 0 saturated carbocycles. The lowest BCUT2D eigenvalue weighted by Gasteiger charge is -2.06. The molecule has 0 heterocycles. The Labute approximate surface area is 130 Å². The highest BCUT2D eigenvalue weighted by atomic mass is 16.1. The fraction of sp³-hybridized carbons (Fsp3) is 0.150. The van der Waals surface area contributed by atoms with Crippen molar-refractivity contribution in [3.8, 4) is 0 Å². The predicted molar refractivity (Wildman–Crippen MR) is 90.6 cm³/mol. The van der Waals surface area contributed by atoms with Crippen molar-refractivity contribution in [3.05, 3.63) is 83.9 Å². The Balaban J connectivity index is 1.53. The zero-order chi connectivity index (χ0) is 15.2. The minimum absolute atomic E-state index is 0.0945. The molecule has 0 bridgehead atoms. The van der Waals surface area contributed by atoms with Gasteiger partial charge in [0.25, 0.3) is 0 Å². The van der Waals surface area contributed by atoms with E-state index in [0.29, 0.717) is 13.0 Å². The molecule has 2 nitrogen and oxygen atoms in total. The van der Waals surface area contributed by atoms with Crippen molar-refractivity contribution in [3.63, 3.8) is 0 Å². The molecule has 0 fully saturated rings. The van der Waals surface area contributed by atoms with E-state index < -0.39 is 0 Å². The fourth-order valence-electron chi connectivity index (χ4n) is 2.54. The number of benzene rings is 3. The van der Waals surface area contributed by atoms with E-state index in [4.69, 9.17) is 0 Å². The molecule has 22 heavy (non-hydrogen) atoms. The van der Waals surface area contributed by atoms with Gasteiger partial charge >= 0.3 is 0 Å². The van der Waals surface area contributed by atoms with Gasteiger partial charge < -0.3 is 5.32 Å². The van der Waals surface area contributed by atoms with Crippen LogP contribution < -0.4 is 5.32 Å². The number of hydrogen-bond donors (Lipinski definition) is 1. The molecule has 0 saturated heterocycles. The normalized spacial score (nSPS) is 10.5. The zero-order valence-corrected chi connectivity index (χ0v) is 12.5. The number of fused-ring (bicyclic) bond motifs is 1. The molecular weight excluding hydrogens is 270 g/mol. The second-order valence-corrected chi connectivity index (χ2v) is 5.44. The maximum Gasteiger partial charge on any atom is 0.220 e. The van der Waals surface area contributed by atoms with E-state index in [0.717, 1.165) is 12.0 Å². The first-order valence-electron chi connectivity index (χ1n) is 7.59. The minimum atomic E-state index is 0.0945. The fourth-order valence-corrected chi connectivity index (χ4v) is 2.54. The highest BCUT2D eigenvalue weighted by Crippen LogP contribution is 2.16. The van der Waals surface area contributed by atoms with Crippen LogP contribution in [0.2, 0.25) is 0 Å². The average Bonchev–Trinajstić information content (AvgIpc) is 2.59. The van der Waals surface area contributed by atoms with Gasteiger partial charge in [-0.25, -0.2) is 0 Å². The lowest BCUT2D eigenvalue weighted by atomic mass is 10.0. The third kappa shape index (κ3) is 3.73. The Bertz CT molecular complexity index is 765. The summed E-state index contributed by atoms with van der Waals surface area (Å²) in [6.07, 6.45) is 1.29. The van der Waals surface area contributed by atoms with Gasteiger partial charge in [0.15, 0.2) is 0 Å². The quantitative estimate of drug-likeness (QED) is 0.753. The van der Waals surface area contributed by atoms with Crippen molar-refractivity contribution in [2.24, 2.45) is 0 Å². The lowest BCUT2D eigenvalue weighted by Crippen LogP contribution is -2.22. The molecule has 3 aromatic rings. The number of hydrogen-bond acceptors (Lipinski definition) is 1. The van der Waals surface area contributed by atoms with Gasteiger partial charge in [-0.3, -0.25) is 4.79 Å². The summed E-state index contributed by atoms with van der Waals surface area (Å²) >= 11 is 0. The van der Waals surface area contributed by atoms with Crippen molar-refractivity contribution < 1.29 is 4.79 Å². The molecule has 0 atom stereocenters. The van der Waals surface area contributed by atoms with Gasteiger partial charge in [0.05, 0.1) is 0 Å². The Kier molecular flexibility index (Phi) is 4.50.